The van der Waals surface area contributed by atoms with Gasteiger partial charge in [0.25, 0.3) is 5.91 Å². The van der Waals surface area contributed by atoms with Gasteiger partial charge in [0.2, 0.25) is 15.9 Å². The van der Waals surface area contributed by atoms with Crippen LogP contribution in [-0.2, 0) is 19.6 Å². The summed E-state index contributed by atoms with van der Waals surface area (Å²) < 4.78 is 22.9. The topological polar surface area (TPSA) is 110 Å². The third kappa shape index (κ3) is 5.28. The van der Waals surface area contributed by atoms with Crippen molar-refractivity contribution in [3.63, 3.8) is 0 Å². The van der Waals surface area contributed by atoms with Crippen LogP contribution in [0.15, 0.2) is 52.3 Å². The van der Waals surface area contributed by atoms with E-state index in [4.69, 9.17) is 40.6 Å². The number of thioether (sulfide) groups is 1. The predicted octanol–water partition coefficient (Wildman–Crippen LogP) is 3.87. The fourth-order valence-corrected chi connectivity index (χ4v) is 4.97. The first-order valence-corrected chi connectivity index (χ1v) is 12.2. The Balaban J connectivity index is 1.76. The molecule has 0 spiro atoms. The Bertz CT molecular complexity index is 1210. The van der Waals surface area contributed by atoms with Crippen molar-refractivity contribution < 1.29 is 18.0 Å². The van der Waals surface area contributed by atoms with E-state index in [2.05, 4.69) is 5.32 Å². The molecule has 2 amide bonds. The van der Waals surface area contributed by atoms with Gasteiger partial charge in [0.1, 0.15) is 10.4 Å². The maximum absolute atomic E-state index is 12.9. The quantitative estimate of drug-likeness (QED) is 0.461. The molecule has 31 heavy (non-hydrogen) atoms. The van der Waals surface area contributed by atoms with Crippen molar-refractivity contribution in [2.45, 2.75) is 17.9 Å². The minimum absolute atomic E-state index is 0.0831. The van der Waals surface area contributed by atoms with Gasteiger partial charge in [0.15, 0.2) is 0 Å². The number of amides is 2. The molecule has 0 aromatic heterocycles. The van der Waals surface area contributed by atoms with Crippen molar-refractivity contribution in [3.8, 4) is 0 Å². The Morgan fingerprint density at radius 3 is 2.48 bits per heavy atom. The number of halogens is 2. The van der Waals surface area contributed by atoms with Crippen molar-refractivity contribution in [1.29, 1.82) is 0 Å². The van der Waals surface area contributed by atoms with Gasteiger partial charge >= 0.3 is 0 Å². The van der Waals surface area contributed by atoms with Crippen molar-refractivity contribution in [1.82, 2.24) is 4.90 Å². The van der Waals surface area contributed by atoms with E-state index in [0.29, 0.717) is 26.2 Å². The number of nitrogens with one attached hydrogen (secondary N) is 1. The van der Waals surface area contributed by atoms with Gasteiger partial charge in [-0.2, -0.15) is 0 Å². The highest BCUT2D eigenvalue weighted by atomic mass is 35.5. The Labute approximate surface area is 198 Å². The number of thiocarbonyl (C=S) groups is 1. The monoisotopic (exact) mass is 515 g/mol. The minimum Gasteiger partial charge on any atom is -0.324 e. The molecule has 1 unspecified atom stereocenters. The summed E-state index contributed by atoms with van der Waals surface area (Å²) in [7, 11) is -3.84. The van der Waals surface area contributed by atoms with Crippen molar-refractivity contribution in [2.24, 2.45) is 5.14 Å². The molecule has 0 radical (unpaired) electrons. The van der Waals surface area contributed by atoms with E-state index in [0.717, 1.165) is 11.8 Å². The van der Waals surface area contributed by atoms with E-state index in [9.17, 15) is 18.0 Å². The van der Waals surface area contributed by atoms with Crippen LogP contribution in [0.5, 0.6) is 0 Å². The zero-order chi connectivity index (χ0) is 22.9. The third-order valence-corrected chi connectivity index (χ3v) is 7.40. The van der Waals surface area contributed by atoms with Crippen LogP contribution in [-0.4, -0.2) is 35.5 Å². The average molecular weight is 516 g/mol. The molecule has 2 aromatic carbocycles. The van der Waals surface area contributed by atoms with Gasteiger partial charge in [-0.05, 0) is 48.9 Å². The number of hydrogen-bond donors (Lipinski definition) is 2. The van der Waals surface area contributed by atoms with Crippen LogP contribution in [0.4, 0.5) is 5.69 Å². The van der Waals surface area contributed by atoms with Gasteiger partial charge in [-0.3, -0.25) is 14.5 Å². The zero-order valence-corrected chi connectivity index (χ0v) is 19.8. The maximum Gasteiger partial charge on any atom is 0.266 e. The lowest BCUT2D eigenvalue weighted by molar-refractivity contribution is -0.129. The number of carbonyl (C=O) groups is 2. The van der Waals surface area contributed by atoms with E-state index in [-0.39, 0.29) is 9.22 Å². The molecule has 1 aliphatic heterocycles. The molecule has 1 atom stereocenters. The van der Waals surface area contributed by atoms with Crippen LogP contribution in [0, 0.1) is 0 Å². The first-order chi connectivity index (χ1) is 14.5. The summed E-state index contributed by atoms with van der Waals surface area (Å²) in [5.41, 5.74) is 0.901. The number of anilines is 1. The molecule has 0 aliphatic carbocycles. The number of hydrogen-bond acceptors (Lipinski definition) is 6. The average Bonchev–Trinajstić information content (AvgIpc) is 2.97. The lowest BCUT2D eigenvalue weighted by Gasteiger charge is -2.22. The molecule has 3 rings (SSSR count). The second-order valence-electron chi connectivity index (χ2n) is 6.43. The summed E-state index contributed by atoms with van der Waals surface area (Å²) in [5.74, 6) is -0.931. The van der Waals surface area contributed by atoms with Gasteiger partial charge in [-0.1, -0.05) is 59.3 Å². The van der Waals surface area contributed by atoms with Crippen molar-refractivity contribution >= 4 is 85.1 Å². The van der Waals surface area contributed by atoms with Gasteiger partial charge in [-0.15, -0.1) is 0 Å². The molecule has 12 heteroatoms. The smallest absolute Gasteiger partial charge is 0.266 e. The third-order valence-electron chi connectivity index (χ3n) is 4.31. The van der Waals surface area contributed by atoms with Crippen LogP contribution in [0.25, 0.3) is 6.08 Å². The molecule has 1 saturated heterocycles. The molecular formula is C19H15Cl2N3O4S3. The standard InChI is InChI=1S/C19H15Cl2N3O4S3/c1-10(17(25)23-12-5-7-13(8-6-12)31(22,27)28)24-18(26)15(30-19(24)29)9-11-3-2-4-14(20)16(11)21/h2-10H,1H3,(H,23,25)(H2,22,27,28)/b15-9-. The largest absolute Gasteiger partial charge is 0.324 e. The highest BCUT2D eigenvalue weighted by Gasteiger charge is 2.38. The highest BCUT2D eigenvalue weighted by molar-refractivity contribution is 8.26. The van der Waals surface area contributed by atoms with E-state index < -0.39 is 27.9 Å². The maximum atomic E-state index is 12.9. The minimum atomic E-state index is -3.84. The Morgan fingerprint density at radius 1 is 1.23 bits per heavy atom. The van der Waals surface area contributed by atoms with Crippen LogP contribution in [0.2, 0.25) is 10.0 Å². The Hall–Kier alpha value is -1.95. The molecule has 3 N–H and O–H groups in total. The number of sulfonamides is 1. The van der Waals surface area contributed by atoms with Crippen molar-refractivity contribution in [2.75, 3.05) is 5.32 Å². The second-order valence-corrected chi connectivity index (χ2v) is 10.5. The van der Waals surface area contributed by atoms with E-state index in [1.54, 1.807) is 24.3 Å². The fraction of sp³-hybridized carbons (Fsp3) is 0.105. The summed E-state index contributed by atoms with van der Waals surface area (Å²) in [5, 5.41) is 8.34. The number of primary sulfonamides is 1. The SMILES string of the molecule is CC(C(=O)Nc1ccc(S(N)(=O)=O)cc1)N1C(=O)/C(=C/c2cccc(Cl)c2Cl)SC1=S. The van der Waals surface area contributed by atoms with Gasteiger partial charge < -0.3 is 5.32 Å². The molecule has 2 aromatic rings. The number of nitrogens with two attached hydrogens (primary N) is 1. The molecule has 0 saturated carbocycles. The van der Waals surface area contributed by atoms with E-state index in [1.807, 2.05) is 0 Å². The fourth-order valence-electron chi connectivity index (χ4n) is 2.68. The molecule has 1 fully saturated rings. The van der Waals surface area contributed by atoms with Gasteiger partial charge in [0, 0.05) is 5.69 Å². The lowest BCUT2D eigenvalue weighted by Crippen LogP contribution is -2.44. The summed E-state index contributed by atoms with van der Waals surface area (Å²) in [6.45, 7) is 1.54. The zero-order valence-electron chi connectivity index (χ0n) is 15.8. The summed E-state index contributed by atoms with van der Waals surface area (Å²) in [4.78, 5) is 27.0. The number of benzene rings is 2. The van der Waals surface area contributed by atoms with Crippen LogP contribution < -0.4 is 10.5 Å². The molecular weight excluding hydrogens is 501 g/mol. The second kappa shape index (κ2) is 9.27. The lowest BCUT2D eigenvalue weighted by atomic mass is 10.2. The Kier molecular flexibility index (Phi) is 7.09. The first-order valence-electron chi connectivity index (χ1n) is 8.64. The molecule has 0 bridgehead atoms. The molecule has 7 nitrogen and oxygen atoms in total. The van der Waals surface area contributed by atoms with E-state index in [1.165, 1.54) is 36.1 Å². The number of rotatable bonds is 5. The summed E-state index contributed by atoms with van der Waals surface area (Å²) >= 11 is 18.5. The molecule has 1 heterocycles. The van der Waals surface area contributed by atoms with Gasteiger partial charge in [0.05, 0.1) is 19.8 Å². The predicted molar refractivity (Wildman–Crippen MR) is 127 cm³/mol. The summed E-state index contributed by atoms with van der Waals surface area (Å²) in [6, 6.07) is 9.48. The molecule has 162 valence electrons. The van der Waals surface area contributed by atoms with Crippen molar-refractivity contribution in [3.05, 3.63) is 63.0 Å². The normalized spacial score (nSPS) is 16.6. The molecule has 1 aliphatic rings. The Morgan fingerprint density at radius 2 is 1.87 bits per heavy atom. The van der Waals surface area contributed by atoms with Gasteiger partial charge in [-0.25, -0.2) is 13.6 Å². The summed E-state index contributed by atoms with van der Waals surface area (Å²) in [6.07, 6.45) is 1.57. The van der Waals surface area contributed by atoms with Crippen LogP contribution in [0.1, 0.15) is 12.5 Å². The van der Waals surface area contributed by atoms with E-state index >= 15 is 0 Å². The number of carbonyl (C=O) groups excluding carboxylic acids is 2. The van der Waals surface area contributed by atoms with Crippen LogP contribution >= 0.6 is 47.2 Å². The first kappa shape index (κ1) is 23.7. The highest BCUT2D eigenvalue weighted by Crippen LogP contribution is 2.36. The number of nitrogens with zero attached hydrogens (tertiary/aromatic N) is 1. The van der Waals surface area contributed by atoms with Crippen LogP contribution in [0.3, 0.4) is 0 Å².